The smallest absolute Gasteiger partial charge is 0.355 e. The monoisotopic (exact) mass is 823 g/mol. The molecule has 1 unspecified atom stereocenters. The van der Waals surface area contributed by atoms with Gasteiger partial charge in [-0.1, -0.05) is 29.3 Å². The van der Waals surface area contributed by atoms with Crippen molar-refractivity contribution >= 4 is 68.4 Å². The van der Waals surface area contributed by atoms with Gasteiger partial charge >= 0.3 is 24.2 Å². The maximum Gasteiger partial charge on any atom is 0.355 e. The first-order chi connectivity index (χ1) is 25.0. The number of halogens is 6. The van der Waals surface area contributed by atoms with Crippen LogP contribution >= 0.6 is 34.8 Å². The predicted octanol–water partition coefficient (Wildman–Crippen LogP) is 4.55. The number of urea groups is 1. The number of benzene rings is 1. The summed E-state index contributed by atoms with van der Waals surface area (Å²) in [7, 11) is -1.61. The minimum Gasteiger partial charge on any atom is -0.481 e. The molecule has 5 aromatic rings. The Balaban J connectivity index is 0.000000237. The van der Waals surface area contributed by atoms with Crippen molar-refractivity contribution in [1.82, 2.24) is 38.4 Å². The minimum absolute atomic E-state index is 0.0424. The van der Waals surface area contributed by atoms with Crippen LogP contribution in [-0.2, 0) is 26.0 Å². The molecule has 0 saturated carbocycles. The predicted molar refractivity (Wildman–Crippen MR) is 183 cm³/mol. The molecule has 4 heterocycles. The summed E-state index contributed by atoms with van der Waals surface area (Å²) in [6, 6.07) is 7.15. The van der Waals surface area contributed by atoms with E-state index in [-0.39, 0.29) is 67.6 Å². The fraction of sp³-hybridized carbons (Fsp3) is 0.276. The molecule has 1 atom stereocenters. The Labute approximate surface area is 312 Å². The Kier molecular flexibility index (Phi) is 13.1. The van der Waals surface area contributed by atoms with Gasteiger partial charge in [-0.3, -0.25) is 14.5 Å². The third-order valence-electron chi connectivity index (χ3n) is 6.71. The second kappa shape index (κ2) is 17.1. The van der Waals surface area contributed by atoms with Crippen molar-refractivity contribution in [2.75, 3.05) is 26.1 Å². The average Bonchev–Trinajstić information content (AvgIpc) is 3.60. The normalized spacial score (nSPS) is 11.8. The van der Waals surface area contributed by atoms with E-state index >= 15 is 0 Å². The van der Waals surface area contributed by atoms with E-state index in [9.17, 15) is 36.0 Å². The van der Waals surface area contributed by atoms with Gasteiger partial charge < -0.3 is 14.2 Å². The first-order valence-corrected chi connectivity index (χ1v) is 17.4. The second-order valence-corrected chi connectivity index (χ2v) is 13.1. The second-order valence-electron chi connectivity index (χ2n) is 10.2. The fourth-order valence-corrected chi connectivity index (χ4v) is 6.43. The largest absolute Gasteiger partial charge is 0.481 e. The van der Waals surface area contributed by atoms with Crippen LogP contribution in [0.5, 0.6) is 11.8 Å². The number of hydrogen-bond acceptors (Lipinski definition) is 12. The number of carbonyl (C=O) groups is 2. The van der Waals surface area contributed by atoms with Crippen molar-refractivity contribution in [3.63, 3.8) is 0 Å². The van der Waals surface area contributed by atoms with Gasteiger partial charge in [0.05, 0.1) is 26.9 Å². The summed E-state index contributed by atoms with van der Waals surface area (Å²) in [4.78, 5) is 47.5. The number of ether oxygens (including phenoxy) is 3. The standard InChI is InChI=1S/C15H14Cl2F3N3O3.C14H13ClN6O5S/c1-3-26-13(24)10(17)4-8-5-12(11(18)6-9(8)16)23-15(25)22(14(19)20)7(2)21-23;1-25-9-7-10(26-2)18-13(17-9)19-14(22)20-27(23,24)12-11(15)16-8-5-3-4-6-21(8)12/h5-6,10,14H,3-4H2,1-2H3;3-7H,1-2H3,(H2,17,18,19,20,22). The summed E-state index contributed by atoms with van der Waals surface area (Å²) in [5.41, 5.74) is -1.06. The summed E-state index contributed by atoms with van der Waals surface area (Å²) >= 11 is 17.8. The van der Waals surface area contributed by atoms with Crippen LogP contribution in [0.25, 0.3) is 11.3 Å². The zero-order valence-electron chi connectivity index (χ0n) is 27.7. The Hall–Kier alpha value is -5.12. The van der Waals surface area contributed by atoms with Gasteiger partial charge in [-0.05, 0) is 43.7 Å². The van der Waals surface area contributed by atoms with Gasteiger partial charge in [0, 0.05) is 17.6 Å². The Morgan fingerprint density at radius 2 is 1.70 bits per heavy atom. The topological polar surface area (TPSA) is 203 Å². The van der Waals surface area contributed by atoms with Gasteiger partial charge in [0.25, 0.3) is 10.0 Å². The number of carbonyl (C=O) groups excluding carboxylic acids is 2. The number of hydrogen-bond donors (Lipinski definition) is 2. The van der Waals surface area contributed by atoms with Crippen LogP contribution in [0.2, 0.25) is 10.2 Å². The summed E-state index contributed by atoms with van der Waals surface area (Å²) in [6.07, 6.45) is 1.34. The molecule has 0 saturated heterocycles. The third kappa shape index (κ3) is 9.47. The number of esters is 1. The van der Waals surface area contributed by atoms with Gasteiger partial charge in [0.1, 0.15) is 22.5 Å². The zero-order chi connectivity index (χ0) is 39.2. The molecule has 0 aliphatic rings. The summed E-state index contributed by atoms with van der Waals surface area (Å²) < 4.78 is 83.6. The molecule has 4 aromatic heterocycles. The van der Waals surface area contributed by atoms with Crippen LogP contribution in [0, 0.1) is 12.7 Å². The molecule has 17 nitrogen and oxygen atoms in total. The van der Waals surface area contributed by atoms with Crippen LogP contribution < -0.4 is 25.2 Å². The van der Waals surface area contributed by atoms with Crippen LogP contribution in [0.15, 0.2) is 52.4 Å². The number of alkyl halides is 3. The number of pyridine rings is 1. The van der Waals surface area contributed by atoms with Gasteiger partial charge in [0.2, 0.25) is 17.7 Å². The van der Waals surface area contributed by atoms with Crippen molar-refractivity contribution in [2.24, 2.45) is 0 Å². The molecular formula is C29H27Cl3F3N9O8S. The van der Waals surface area contributed by atoms with Gasteiger partial charge in [0.15, 0.2) is 16.0 Å². The molecule has 1 aromatic carbocycles. The first-order valence-electron chi connectivity index (χ1n) is 14.7. The highest BCUT2D eigenvalue weighted by Crippen LogP contribution is 2.26. The molecule has 0 aliphatic carbocycles. The van der Waals surface area contributed by atoms with Gasteiger partial charge in [-0.25, -0.2) is 28.3 Å². The quantitative estimate of drug-likeness (QED) is 0.139. The molecule has 0 aliphatic heterocycles. The molecule has 2 N–H and O–H groups in total. The number of nitrogens with zero attached hydrogens (tertiary/aromatic N) is 7. The molecule has 0 bridgehead atoms. The maximum atomic E-state index is 14.2. The molecule has 53 heavy (non-hydrogen) atoms. The number of aryl methyl sites for hydroxylation is 1. The number of rotatable bonds is 11. The number of anilines is 1. The minimum atomic E-state index is -4.34. The Morgan fingerprint density at radius 3 is 2.28 bits per heavy atom. The van der Waals surface area contributed by atoms with Gasteiger partial charge in [-0.2, -0.15) is 31.8 Å². The van der Waals surface area contributed by atoms with E-state index in [1.807, 2.05) is 4.72 Å². The maximum absolute atomic E-state index is 14.2. The SMILES string of the molecule is CCOC(=O)C(Cl)Cc1cc(-n2nc(C)n(C(F)F)c2=O)c(F)cc1Cl.COc1cc(OC)nc(NC(=O)NS(=O)(=O)c2c(Cl)nc3ccccn23)n1. The summed E-state index contributed by atoms with van der Waals surface area (Å²) in [5, 5.41) is 4.06. The van der Waals surface area contributed by atoms with Crippen molar-refractivity contribution < 1.29 is 45.4 Å². The molecule has 5 rings (SSSR count). The average molecular weight is 825 g/mol. The van der Waals surface area contributed by atoms with E-state index < -0.39 is 45.5 Å². The Morgan fingerprint density at radius 1 is 1.04 bits per heavy atom. The number of sulfonamides is 1. The highest BCUT2D eigenvalue weighted by atomic mass is 35.5. The molecule has 0 fully saturated rings. The van der Waals surface area contributed by atoms with E-state index in [1.165, 1.54) is 37.8 Å². The first kappa shape index (κ1) is 40.6. The fourth-order valence-electron chi connectivity index (χ4n) is 4.42. The molecular weight excluding hydrogens is 798 g/mol. The highest BCUT2D eigenvalue weighted by Gasteiger charge is 2.27. The number of imidazole rings is 1. The third-order valence-corrected chi connectivity index (χ3v) is 9.13. The van der Waals surface area contributed by atoms with E-state index in [0.717, 1.165) is 12.1 Å². The number of aromatic nitrogens is 7. The van der Waals surface area contributed by atoms with E-state index in [1.54, 1.807) is 25.1 Å². The highest BCUT2D eigenvalue weighted by molar-refractivity contribution is 7.90. The number of amides is 2. The zero-order valence-corrected chi connectivity index (χ0v) is 30.8. The van der Waals surface area contributed by atoms with Crippen molar-refractivity contribution in [2.45, 2.75) is 37.2 Å². The van der Waals surface area contributed by atoms with Crippen molar-refractivity contribution in [3.8, 4) is 17.4 Å². The number of nitrogens with one attached hydrogen (secondary N) is 2. The molecule has 0 radical (unpaired) electrons. The lowest BCUT2D eigenvalue weighted by atomic mass is 10.1. The van der Waals surface area contributed by atoms with Crippen molar-refractivity contribution in [3.05, 3.63) is 80.5 Å². The lowest BCUT2D eigenvalue weighted by Crippen LogP contribution is -2.35. The Bertz CT molecular complexity index is 2300. The van der Waals surface area contributed by atoms with E-state index in [0.29, 0.717) is 10.3 Å². The van der Waals surface area contributed by atoms with Crippen LogP contribution in [0.4, 0.5) is 23.9 Å². The van der Waals surface area contributed by atoms with Crippen LogP contribution in [-0.4, -0.2) is 80.3 Å². The molecule has 0 spiro atoms. The van der Waals surface area contributed by atoms with Crippen LogP contribution in [0.1, 0.15) is 24.9 Å². The lowest BCUT2D eigenvalue weighted by Gasteiger charge is -2.12. The van der Waals surface area contributed by atoms with E-state index in [2.05, 4.69) is 25.4 Å². The number of fused-ring (bicyclic) bond motifs is 1. The molecule has 24 heteroatoms. The summed E-state index contributed by atoms with van der Waals surface area (Å²) in [5.74, 6) is -1.91. The van der Waals surface area contributed by atoms with E-state index in [4.69, 9.17) is 49.0 Å². The van der Waals surface area contributed by atoms with Crippen molar-refractivity contribution in [1.29, 1.82) is 0 Å². The number of methoxy groups -OCH3 is 2. The molecule has 284 valence electrons. The molecule has 2 amide bonds. The lowest BCUT2D eigenvalue weighted by molar-refractivity contribution is -0.142. The van der Waals surface area contributed by atoms with Crippen LogP contribution in [0.3, 0.4) is 0 Å². The summed E-state index contributed by atoms with van der Waals surface area (Å²) in [6.45, 7) is -0.195. The van der Waals surface area contributed by atoms with Gasteiger partial charge in [-0.15, -0.1) is 16.7 Å².